The molecule has 0 unspecified atom stereocenters. The van der Waals surface area contributed by atoms with Gasteiger partial charge in [0.1, 0.15) is 11.0 Å². The number of ether oxygens (including phenoxy) is 3. The number of hydrogen-bond acceptors (Lipinski definition) is 14. The van der Waals surface area contributed by atoms with Gasteiger partial charge in [-0.3, -0.25) is 0 Å². The van der Waals surface area contributed by atoms with Crippen molar-refractivity contribution in [3.8, 4) is 0 Å². The number of piperidine rings is 1. The lowest BCUT2D eigenvalue weighted by molar-refractivity contribution is 0.0818. The molecule has 14 heteroatoms. The Morgan fingerprint density at radius 2 is 1.15 bits per heavy atom. The second-order valence-electron chi connectivity index (χ2n) is 10.5. The molecule has 2 aliphatic rings. The van der Waals surface area contributed by atoms with Crippen molar-refractivity contribution in [3.05, 3.63) is 0 Å². The van der Waals surface area contributed by atoms with E-state index in [1.54, 1.807) is 21.3 Å². The Morgan fingerprint density at radius 1 is 0.683 bits per heavy atom. The van der Waals surface area contributed by atoms with Gasteiger partial charge in [-0.25, -0.2) is 9.97 Å². The Morgan fingerprint density at radius 3 is 1.59 bits per heavy atom. The molecule has 2 fully saturated rings. The Balaban J connectivity index is 1.91. The first-order valence-corrected chi connectivity index (χ1v) is 14.5. The van der Waals surface area contributed by atoms with Crippen molar-refractivity contribution in [2.75, 3.05) is 140 Å². The molecule has 0 atom stereocenters. The maximum Gasteiger partial charge on any atom is 0.228 e. The summed E-state index contributed by atoms with van der Waals surface area (Å²) in [5, 5.41) is 19.5. The second-order valence-corrected chi connectivity index (χ2v) is 10.5. The summed E-state index contributed by atoms with van der Waals surface area (Å²) in [6.07, 6.45) is 1.97. The minimum Gasteiger partial charge on any atom is -0.395 e. The number of piperazine rings is 1. The van der Waals surface area contributed by atoms with Crippen molar-refractivity contribution in [3.63, 3.8) is 0 Å². The van der Waals surface area contributed by atoms with E-state index in [4.69, 9.17) is 34.1 Å². The van der Waals surface area contributed by atoms with Crippen LogP contribution in [0, 0.1) is 0 Å². The fourth-order valence-corrected chi connectivity index (χ4v) is 5.28. The number of nitrogens with zero attached hydrogens (tertiary/aromatic N) is 9. The van der Waals surface area contributed by atoms with Crippen LogP contribution in [0.5, 0.6) is 0 Å². The predicted octanol–water partition coefficient (Wildman–Crippen LogP) is -0.323. The van der Waals surface area contributed by atoms with Crippen LogP contribution in [0.4, 0.5) is 23.5 Å². The molecule has 0 aliphatic carbocycles. The molecule has 0 saturated carbocycles. The molecule has 14 nitrogen and oxygen atoms in total. The monoisotopic (exact) mass is 577 g/mol. The topological polar surface area (TPSA) is 136 Å². The highest BCUT2D eigenvalue weighted by Gasteiger charge is 2.29. The van der Waals surface area contributed by atoms with Crippen LogP contribution in [0.3, 0.4) is 0 Å². The number of anilines is 4. The van der Waals surface area contributed by atoms with Crippen LogP contribution in [-0.2, 0) is 14.2 Å². The van der Waals surface area contributed by atoms with Crippen LogP contribution < -0.4 is 19.6 Å². The molecule has 4 rings (SSSR count). The number of methoxy groups -OCH3 is 3. The van der Waals surface area contributed by atoms with Crippen molar-refractivity contribution < 1.29 is 24.4 Å². The fourth-order valence-electron chi connectivity index (χ4n) is 5.28. The van der Waals surface area contributed by atoms with E-state index < -0.39 is 0 Å². The number of likely N-dealkylation sites (N-methyl/N-ethyl adjacent to an activating group) is 1. The average Bonchev–Trinajstić information content (AvgIpc) is 3.00. The zero-order valence-corrected chi connectivity index (χ0v) is 25.0. The Labute approximate surface area is 242 Å². The molecule has 4 heterocycles. The molecule has 0 radical (unpaired) electrons. The molecular weight excluding hydrogens is 530 g/mol. The zero-order valence-electron chi connectivity index (χ0n) is 25.0. The van der Waals surface area contributed by atoms with Crippen molar-refractivity contribution in [2.45, 2.75) is 18.9 Å². The van der Waals surface area contributed by atoms with Gasteiger partial charge in [-0.05, 0) is 19.9 Å². The lowest BCUT2D eigenvalue weighted by Crippen LogP contribution is -2.45. The summed E-state index contributed by atoms with van der Waals surface area (Å²) in [6.45, 7) is 7.71. The summed E-state index contributed by atoms with van der Waals surface area (Å²) in [6, 6.07) is 0. The Bertz CT molecular complexity index is 1070. The Kier molecular flexibility index (Phi) is 11.9. The molecular formula is C27H47N9O5. The van der Waals surface area contributed by atoms with Gasteiger partial charge in [0.15, 0.2) is 11.6 Å². The molecule has 41 heavy (non-hydrogen) atoms. The lowest BCUT2D eigenvalue weighted by atomic mass is 10.1. The third-order valence-electron chi connectivity index (χ3n) is 7.80. The van der Waals surface area contributed by atoms with Gasteiger partial charge >= 0.3 is 0 Å². The molecule has 0 amide bonds. The van der Waals surface area contributed by atoms with E-state index in [0.717, 1.165) is 63.7 Å². The van der Waals surface area contributed by atoms with Gasteiger partial charge in [0.2, 0.25) is 11.9 Å². The summed E-state index contributed by atoms with van der Waals surface area (Å²) in [7, 11) is 7.26. The molecule has 2 saturated heterocycles. The van der Waals surface area contributed by atoms with Gasteiger partial charge in [0.05, 0.1) is 32.5 Å². The molecule has 2 aromatic rings. The van der Waals surface area contributed by atoms with E-state index in [-0.39, 0.29) is 19.3 Å². The summed E-state index contributed by atoms with van der Waals surface area (Å²) >= 11 is 0. The first-order chi connectivity index (χ1) is 20.0. The van der Waals surface area contributed by atoms with Crippen molar-refractivity contribution in [1.82, 2.24) is 24.8 Å². The minimum atomic E-state index is -0.0787. The van der Waals surface area contributed by atoms with E-state index in [1.807, 2.05) is 4.90 Å². The third kappa shape index (κ3) is 7.81. The molecule has 0 aromatic carbocycles. The molecule has 2 aromatic heterocycles. The highest BCUT2D eigenvalue weighted by molar-refractivity contribution is 5.95. The van der Waals surface area contributed by atoms with Crippen LogP contribution in [0.1, 0.15) is 12.8 Å². The number of aliphatic hydroxyl groups excluding tert-OH is 2. The van der Waals surface area contributed by atoms with Crippen molar-refractivity contribution >= 4 is 34.6 Å². The normalized spacial score (nSPS) is 17.0. The molecule has 0 spiro atoms. The molecule has 230 valence electrons. The lowest BCUT2D eigenvalue weighted by Gasteiger charge is -2.36. The van der Waals surface area contributed by atoms with Gasteiger partial charge in [0, 0.05) is 86.8 Å². The van der Waals surface area contributed by atoms with E-state index in [9.17, 15) is 10.2 Å². The van der Waals surface area contributed by atoms with Crippen LogP contribution in [0.15, 0.2) is 0 Å². The van der Waals surface area contributed by atoms with E-state index in [0.29, 0.717) is 62.3 Å². The summed E-state index contributed by atoms with van der Waals surface area (Å²) in [4.78, 5) is 31.0. The predicted molar refractivity (Wildman–Crippen MR) is 159 cm³/mol. The quantitative estimate of drug-likeness (QED) is 0.286. The van der Waals surface area contributed by atoms with Gasteiger partial charge < -0.3 is 48.9 Å². The summed E-state index contributed by atoms with van der Waals surface area (Å²) in [5.41, 5.74) is 1.36. The fraction of sp³-hybridized carbons (Fsp3) is 0.778. The number of rotatable bonds is 15. The molecule has 2 aliphatic heterocycles. The van der Waals surface area contributed by atoms with E-state index in [2.05, 4.69) is 26.6 Å². The first-order valence-electron chi connectivity index (χ1n) is 14.5. The van der Waals surface area contributed by atoms with Gasteiger partial charge in [-0.2, -0.15) is 9.97 Å². The van der Waals surface area contributed by atoms with Crippen LogP contribution in [0.25, 0.3) is 11.0 Å². The van der Waals surface area contributed by atoms with Gasteiger partial charge in [-0.15, -0.1) is 0 Å². The van der Waals surface area contributed by atoms with E-state index in [1.165, 1.54) is 0 Å². The molecule has 0 bridgehead atoms. The summed E-state index contributed by atoms with van der Waals surface area (Å²) < 4.78 is 16.4. The first kappa shape index (κ1) is 31.3. The van der Waals surface area contributed by atoms with Crippen LogP contribution in [-0.4, -0.2) is 161 Å². The van der Waals surface area contributed by atoms with Gasteiger partial charge in [0.25, 0.3) is 0 Å². The Hall–Kier alpha value is -2.62. The zero-order chi connectivity index (χ0) is 29.2. The number of fused-ring (bicyclic) bond motifs is 1. The van der Waals surface area contributed by atoms with E-state index >= 15 is 0 Å². The standard InChI is InChI=1S/C27H47N9O5/c1-32-9-11-34(12-10-32)25-23-22(29-27(31-25)36(15-19-39-2)16-20-40-3)24(33-7-5-21(41-4)6-8-33)30-26(28-23)35(13-17-37)14-18-38/h21,37-38H,5-20H2,1-4H3. The smallest absolute Gasteiger partial charge is 0.228 e. The van der Waals surface area contributed by atoms with Gasteiger partial charge in [-0.1, -0.05) is 0 Å². The van der Waals surface area contributed by atoms with Crippen LogP contribution in [0.2, 0.25) is 0 Å². The highest BCUT2D eigenvalue weighted by atomic mass is 16.5. The number of aliphatic hydroxyl groups is 2. The summed E-state index contributed by atoms with van der Waals surface area (Å²) in [5.74, 6) is 2.54. The van der Waals surface area contributed by atoms with Crippen LogP contribution >= 0.6 is 0 Å². The van der Waals surface area contributed by atoms with Crippen molar-refractivity contribution in [1.29, 1.82) is 0 Å². The maximum atomic E-state index is 9.77. The molecule has 2 N–H and O–H groups in total. The third-order valence-corrected chi connectivity index (χ3v) is 7.80. The second kappa shape index (κ2) is 15.6. The maximum absolute atomic E-state index is 9.77. The van der Waals surface area contributed by atoms with Crippen molar-refractivity contribution in [2.24, 2.45) is 0 Å². The average molecular weight is 578 g/mol. The number of hydrogen-bond donors (Lipinski definition) is 2. The number of aromatic nitrogens is 4. The largest absolute Gasteiger partial charge is 0.395 e. The minimum absolute atomic E-state index is 0.0787. The highest BCUT2D eigenvalue weighted by Crippen LogP contribution is 2.34. The SMILES string of the molecule is COCCN(CCOC)c1nc(N2CCN(C)CC2)c2nc(N(CCO)CCO)nc(N3CCC(OC)CC3)c2n1.